The molecule has 0 spiro atoms. The van der Waals surface area contributed by atoms with Crippen molar-refractivity contribution in [3.63, 3.8) is 0 Å². The molecule has 0 unspecified atom stereocenters. The Hall–Kier alpha value is -4.21. The van der Waals surface area contributed by atoms with Crippen LogP contribution in [-0.4, -0.2) is 98.4 Å². The summed E-state index contributed by atoms with van der Waals surface area (Å²) < 4.78 is 17.3. The van der Waals surface area contributed by atoms with E-state index in [1.807, 2.05) is 0 Å². The molecule has 47 heavy (non-hydrogen) atoms. The number of carbonyl (C=O) groups excluding carboxylic acids is 5. The number of nitrogens with one attached hydrogen (secondary N) is 1. The van der Waals surface area contributed by atoms with Gasteiger partial charge in [-0.2, -0.15) is 0 Å². The molecule has 5 rings (SSSR count). The molecular weight excluding hydrogens is 618 g/mol. The molecule has 0 radical (unpaired) electrons. The molecule has 1 aliphatic heterocycles. The van der Waals surface area contributed by atoms with E-state index >= 15 is 0 Å². The lowest BCUT2D eigenvalue weighted by Gasteiger charge is -2.43. The highest BCUT2D eigenvalue weighted by atomic mass is 16.7. The van der Waals surface area contributed by atoms with Crippen LogP contribution in [0.15, 0.2) is 18.2 Å². The lowest BCUT2D eigenvalue weighted by atomic mass is 9.72. The molecule has 252 valence electrons. The number of benzene rings is 2. The van der Waals surface area contributed by atoms with E-state index in [4.69, 9.17) is 14.2 Å². The highest BCUT2D eigenvalue weighted by molar-refractivity contribution is 6.31. The lowest BCUT2D eigenvalue weighted by molar-refractivity contribution is -0.249. The minimum absolute atomic E-state index is 0.0365. The molecule has 1 saturated heterocycles. The maximum atomic E-state index is 13.8. The van der Waals surface area contributed by atoms with Crippen molar-refractivity contribution in [2.75, 3.05) is 13.7 Å². The number of phenols is 2. The van der Waals surface area contributed by atoms with E-state index in [1.165, 1.54) is 39.2 Å². The van der Waals surface area contributed by atoms with Crippen LogP contribution < -0.4 is 10.1 Å². The van der Waals surface area contributed by atoms with E-state index in [9.17, 15) is 49.5 Å². The molecule has 14 nitrogen and oxygen atoms in total. The van der Waals surface area contributed by atoms with Crippen LogP contribution in [-0.2, 0) is 30.3 Å². The number of rotatable bonds is 10. The van der Waals surface area contributed by atoms with Crippen LogP contribution in [0.25, 0.3) is 0 Å². The molecule has 0 aromatic heterocycles. The fraction of sp³-hybridized carbons (Fsp3) is 0.485. The second-order valence-corrected chi connectivity index (χ2v) is 12.2. The number of hydrogen-bond acceptors (Lipinski definition) is 13. The van der Waals surface area contributed by atoms with Gasteiger partial charge in [-0.1, -0.05) is 12.1 Å². The van der Waals surface area contributed by atoms with Gasteiger partial charge in [0.2, 0.25) is 11.7 Å². The Morgan fingerprint density at radius 2 is 1.77 bits per heavy atom. The SMILES string of the molecule is COc1cccc2c1C(=O)c1c(O)c3c(c(O)c1C2=O)C[C@@](O)(C(=O)CO)C[C@@H]3O[C@H]1C[C@H](NC(=O)CCCC(C)=O)[C@H](O)[C@H](C)O1. The fourth-order valence-corrected chi connectivity index (χ4v) is 6.64. The standard InChI is InChI=1S/C33H37NO13/c1-14(36)6-4-9-22(38)34-18-10-23(46-15(2)28(18)39)47-20-12-33(44,21(37)13-35)11-17-25(20)32(43)27-26(30(17)41)29(40)16-7-5-8-19(45-3)24(16)31(27)42/h5,7-8,15,18,20,23,28,35,39,41,43-44H,4,6,9-13H2,1-3H3,(H,34,38)/t15-,18-,20-,23-,28+,33-/m0/s1. The summed E-state index contributed by atoms with van der Waals surface area (Å²) in [6.07, 6.45) is -5.42. The minimum Gasteiger partial charge on any atom is -0.507 e. The highest BCUT2D eigenvalue weighted by Gasteiger charge is 2.50. The van der Waals surface area contributed by atoms with Gasteiger partial charge in [0.05, 0.1) is 42.0 Å². The Morgan fingerprint density at radius 1 is 1.06 bits per heavy atom. The zero-order chi connectivity index (χ0) is 34.4. The van der Waals surface area contributed by atoms with E-state index in [0.717, 1.165) is 0 Å². The van der Waals surface area contributed by atoms with Crippen molar-refractivity contribution in [1.29, 1.82) is 0 Å². The first-order valence-electron chi connectivity index (χ1n) is 15.2. The van der Waals surface area contributed by atoms with Gasteiger partial charge in [-0.3, -0.25) is 19.2 Å². The zero-order valence-corrected chi connectivity index (χ0v) is 26.1. The molecule has 6 atom stereocenters. The Morgan fingerprint density at radius 3 is 2.43 bits per heavy atom. The van der Waals surface area contributed by atoms with Crippen LogP contribution in [0.5, 0.6) is 17.2 Å². The monoisotopic (exact) mass is 655 g/mol. The molecule has 1 heterocycles. The number of Topliss-reactive ketones (excluding diaryl/α,β-unsaturated/α-hetero) is 2. The first-order chi connectivity index (χ1) is 22.2. The van der Waals surface area contributed by atoms with Gasteiger partial charge in [0.25, 0.3) is 0 Å². The van der Waals surface area contributed by atoms with E-state index in [-0.39, 0.29) is 53.0 Å². The Bertz CT molecular complexity index is 1650. The van der Waals surface area contributed by atoms with Crippen molar-refractivity contribution in [1.82, 2.24) is 5.32 Å². The molecule has 0 bridgehead atoms. The second kappa shape index (κ2) is 13.1. The molecule has 14 heteroatoms. The average Bonchev–Trinajstić information content (AvgIpc) is 3.02. The van der Waals surface area contributed by atoms with Gasteiger partial charge in [-0.05, 0) is 26.3 Å². The number of fused-ring (bicyclic) bond motifs is 3. The first-order valence-corrected chi connectivity index (χ1v) is 15.2. The number of carbonyl (C=O) groups is 5. The summed E-state index contributed by atoms with van der Waals surface area (Å²) in [6, 6.07) is 3.44. The number of phenolic OH excluding ortho intramolecular Hbond substituents is 2. The third-order valence-electron chi connectivity index (χ3n) is 9.04. The Labute approximate surface area is 269 Å². The molecule has 2 aromatic carbocycles. The number of methoxy groups -OCH3 is 1. The number of ketones is 4. The average molecular weight is 656 g/mol. The van der Waals surface area contributed by atoms with Gasteiger partial charge >= 0.3 is 0 Å². The number of hydrogen-bond donors (Lipinski definition) is 6. The maximum Gasteiger partial charge on any atom is 0.220 e. The summed E-state index contributed by atoms with van der Waals surface area (Å²) >= 11 is 0. The smallest absolute Gasteiger partial charge is 0.220 e. The van der Waals surface area contributed by atoms with E-state index in [0.29, 0.717) is 6.42 Å². The number of amides is 1. The molecule has 0 saturated carbocycles. The number of aliphatic hydroxyl groups is 3. The highest BCUT2D eigenvalue weighted by Crippen LogP contribution is 2.52. The molecule has 2 aromatic rings. The summed E-state index contributed by atoms with van der Waals surface area (Å²) in [7, 11) is 1.31. The van der Waals surface area contributed by atoms with Crippen molar-refractivity contribution in [3.05, 3.63) is 51.6 Å². The third kappa shape index (κ3) is 6.14. The van der Waals surface area contributed by atoms with Crippen molar-refractivity contribution in [2.24, 2.45) is 0 Å². The van der Waals surface area contributed by atoms with Gasteiger partial charge in [0.15, 0.2) is 17.9 Å². The zero-order valence-electron chi connectivity index (χ0n) is 26.1. The van der Waals surface area contributed by atoms with Crippen molar-refractivity contribution in [3.8, 4) is 17.2 Å². The molecule has 1 amide bonds. The lowest BCUT2D eigenvalue weighted by Crippen LogP contribution is -2.55. The largest absolute Gasteiger partial charge is 0.507 e. The maximum absolute atomic E-state index is 13.8. The third-order valence-corrected chi connectivity index (χ3v) is 9.04. The summed E-state index contributed by atoms with van der Waals surface area (Å²) in [5.74, 6) is -4.51. The predicted octanol–water partition coefficient (Wildman–Crippen LogP) is 0.918. The minimum atomic E-state index is -2.32. The van der Waals surface area contributed by atoms with Gasteiger partial charge in [-0.25, -0.2) is 0 Å². The Kier molecular flexibility index (Phi) is 9.53. The summed E-state index contributed by atoms with van der Waals surface area (Å²) in [5, 5.41) is 57.7. The molecular formula is C33H37NO13. The molecule has 6 N–H and O–H groups in total. The summed E-state index contributed by atoms with van der Waals surface area (Å²) in [6.45, 7) is 1.88. The molecule has 1 fully saturated rings. The Balaban J connectivity index is 1.54. The summed E-state index contributed by atoms with van der Waals surface area (Å²) in [4.78, 5) is 64.1. The van der Waals surface area contributed by atoms with Crippen LogP contribution >= 0.6 is 0 Å². The van der Waals surface area contributed by atoms with Gasteiger partial charge in [0.1, 0.15) is 41.3 Å². The predicted molar refractivity (Wildman–Crippen MR) is 160 cm³/mol. The number of ether oxygens (including phenoxy) is 3. The normalized spacial score (nSPS) is 26.6. The van der Waals surface area contributed by atoms with Crippen molar-refractivity contribution < 1.29 is 63.7 Å². The van der Waals surface area contributed by atoms with Crippen LogP contribution in [0.4, 0.5) is 0 Å². The van der Waals surface area contributed by atoms with Crippen molar-refractivity contribution >= 4 is 29.0 Å². The number of aromatic hydroxyl groups is 2. The van der Waals surface area contributed by atoms with Gasteiger partial charge < -0.3 is 49.9 Å². The topological polar surface area (TPSA) is 226 Å². The van der Waals surface area contributed by atoms with Crippen LogP contribution in [0.2, 0.25) is 0 Å². The molecule has 3 aliphatic rings. The summed E-state index contributed by atoms with van der Waals surface area (Å²) in [5.41, 5.74) is -3.99. The van der Waals surface area contributed by atoms with Crippen LogP contribution in [0, 0.1) is 0 Å². The van der Waals surface area contributed by atoms with E-state index < -0.39 is 102 Å². The van der Waals surface area contributed by atoms with Crippen LogP contribution in [0.3, 0.4) is 0 Å². The number of aliphatic hydroxyl groups excluding tert-OH is 2. The van der Waals surface area contributed by atoms with E-state index in [1.54, 1.807) is 0 Å². The van der Waals surface area contributed by atoms with E-state index in [2.05, 4.69) is 5.32 Å². The molecule has 2 aliphatic carbocycles. The van der Waals surface area contributed by atoms with Gasteiger partial charge in [0, 0.05) is 48.8 Å². The quantitative estimate of drug-likeness (QED) is 0.167. The fourth-order valence-electron chi connectivity index (χ4n) is 6.64. The van der Waals surface area contributed by atoms with Gasteiger partial charge in [-0.15, -0.1) is 0 Å². The first kappa shape index (κ1) is 34.1. The van der Waals surface area contributed by atoms with Crippen molar-refractivity contribution in [2.45, 2.75) is 88.6 Å². The second-order valence-electron chi connectivity index (χ2n) is 12.2. The van der Waals surface area contributed by atoms with Crippen LogP contribution in [0.1, 0.15) is 95.0 Å².